The Kier molecular flexibility index (Phi) is 9.91. The Labute approximate surface area is 239 Å². The summed E-state index contributed by atoms with van der Waals surface area (Å²) >= 11 is 0. The number of hydroxylamine groups is 2. The molecule has 3 aliphatic rings. The van der Waals surface area contributed by atoms with Crippen LogP contribution < -0.4 is 5.32 Å². The van der Waals surface area contributed by atoms with Crippen molar-refractivity contribution in [2.45, 2.75) is 90.8 Å². The molecule has 0 bridgehead atoms. The van der Waals surface area contributed by atoms with Crippen molar-refractivity contribution in [3.63, 3.8) is 0 Å². The van der Waals surface area contributed by atoms with Crippen LogP contribution in [-0.4, -0.2) is 76.6 Å². The van der Waals surface area contributed by atoms with E-state index in [-0.39, 0.29) is 18.4 Å². The number of likely N-dealkylation sites (tertiary alicyclic amines) is 1. The molecule has 1 aliphatic carbocycles. The van der Waals surface area contributed by atoms with Gasteiger partial charge >= 0.3 is 0 Å². The van der Waals surface area contributed by atoms with Gasteiger partial charge in [0.05, 0.1) is 12.5 Å². The molecular weight excluding hydrogens is 504 g/mol. The van der Waals surface area contributed by atoms with Gasteiger partial charge in [-0.1, -0.05) is 58.4 Å². The second-order valence-electron chi connectivity index (χ2n) is 13.0. The topological polar surface area (TPSA) is 93.2 Å². The van der Waals surface area contributed by atoms with Gasteiger partial charge in [0.2, 0.25) is 18.2 Å². The first kappa shape index (κ1) is 30.1. The van der Waals surface area contributed by atoms with Crippen molar-refractivity contribution in [2.75, 3.05) is 26.2 Å². The van der Waals surface area contributed by atoms with E-state index in [1.54, 1.807) is 0 Å². The molecule has 8 heteroatoms. The second kappa shape index (κ2) is 13.2. The largest absolute Gasteiger partial charge is 0.344 e. The minimum absolute atomic E-state index is 0.0576. The second-order valence-corrected chi connectivity index (χ2v) is 13.0. The predicted molar refractivity (Wildman–Crippen MR) is 154 cm³/mol. The highest BCUT2D eigenvalue weighted by molar-refractivity contribution is 5.89. The third kappa shape index (κ3) is 7.44. The van der Waals surface area contributed by atoms with E-state index in [0.29, 0.717) is 42.9 Å². The molecule has 218 valence electrons. The summed E-state index contributed by atoms with van der Waals surface area (Å²) in [6.07, 6.45) is 13.7. The first-order valence-corrected chi connectivity index (χ1v) is 14.9. The van der Waals surface area contributed by atoms with Gasteiger partial charge in [0.1, 0.15) is 6.04 Å². The minimum Gasteiger partial charge on any atom is -0.344 e. The van der Waals surface area contributed by atoms with Crippen LogP contribution in [0.15, 0.2) is 18.2 Å². The lowest BCUT2D eigenvalue weighted by atomic mass is 9.84. The summed E-state index contributed by atoms with van der Waals surface area (Å²) < 4.78 is 0. The molecule has 0 aromatic heterocycles. The Hall–Kier alpha value is -2.89. The van der Waals surface area contributed by atoms with Gasteiger partial charge in [-0.3, -0.25) is 24.5 Å². The van der Waals surface area contributed by atoms with E-state index in [9.17, 15) is 19.6 Å². The van der Waals surface area contributed by atoms with Gasteiger partial charge in [0, 0.05) is 37.8 Å². The third-order valence-electron chi connectivity index (χ3n) is 9.10. The van der Waals surface area contributed by atoms with Crippen molar-refractivity contribution in [2.24, 2.45) is 17.3 Å². The highest BCUT2D eigenvalue weighted by Crippen LogP contribution is 2.32. The molecule has 2 atom stereocenters. The van der Waals surface area contributed by atoms with Crippen molar-refractivity contribution in [3.8, 4) is 12.3 Å². The van der Waals surface area contributed by atoms with E-state index in [1.807, 2.05) is 31.7 Å². The first-order valence-electron chi connectivity index (χ1n) is 14.9. The van der Waals surface area contributed by atoms with Crippen LogP contribution in [0, 0.1) is 29.6 Å². The minimum atomic E-state index is -0.685. The summed E-state index contributed by atoms with van der Waals surface area (Å²) in [5.41, 5.74) is 3.10. The number of carbonyl (C=O) groups excluding carboxylic acids is 3. The van der Waals surface area contributed by atoms with Crippen LogP contribution >= 0.6 is 0 Å². The van der Waals surface area contributed by atoms with E-state index in [0.717, 1.165) is 63.6 Å². The van der Waals surface area contributed by atoms with Crippen molar-refractivity contribution >= 4 is 18.2 Å². The summed E-state index contributed by atoms with van der Waals surface area (Å²) in [6, 6.07) is 6.02. The highest BCUT2D eigenvalue weighted by atomic mass is 16.5. The molecular formula is C32H46N4O4. The highest BCUT2D eigenvalue weighted by Gasteiger charge is 2.39. The molecule has 2 N–H and O–H groups in total. The number of nitrogens with zero attached hydrogens (tertiary/aromatic N) is 3. The molecule has 3 amide bonds. The zero-order valence-electron chi connectivity index (χ0n) is 24.4. The number of hydrogen-bond donors (Lipinski definition) is 2. The third-order valence-corrected chi connectivity index (χ3v) is 9.10. The SMILES string of the molecule is C#Cc1ccc2c(c1)CN(C1CCN(C(=O)[C@@H](NC(=O)[C@H](CC3CCCC3)CN(O)C=O)C(C)(C)C)CC1)CC2. The number of benzene rings is 1. The predicted octanol–water partition coefficient (Wildman–Crippen LogP) is 3.59. The fraction of sp³-hybridized carbons (Fsp3) is 0.656. The Balaban J connectivity index is 1.37. The number of hydrogen-bond acceptors (Lipinski definition) is 5. The maximum absolute atomic E-state index is 13.8. The smallest absolute Gasteiger partial charge is 0.245 e. The summed E-state index contributed by atoms with van der Waals surface area (Å²) in [7, 11) is 0. The van der Waals surface area contributed by atoms with Crippen LogP contribution in [0.25, 0.3) is 0 Å². The number of amides is 3. The zero-order chi connectivity index (χ0) is 28.9. The Morgan fingerprint density at radius 3 is 2.48 bits per heavy atom. The Morgan fingerprint density at radius 1 is 1.15 bits per heavy atom. The molecule has 2 heterocycles. The normalized spacial score (nSPS) is 20.3. The van der Waals surface area contributed by atoms with Gasteiger partial charge < -0.3 is 10.2 Å². The van der Waals surface area contributed by atoms with Crippen LogP contribution in [0.1, 0.15) is 82.4 Å². The molecule has 40 heavy (non-hydrogen) atoms. The van der Waals surface area contributed by atoms with Gasteiger partial charge in [-0.2, -0.15) is 0 Å². The van der Waals surface area contributed by atoms with E-state index < -0.39 is 17.4 Å². The quantitative estimate of drug-likeness (QED) is 0.212. The molecule has 4 rings (SSSR count). The van der Waals surface area contributed by atoms with Crippen LogP contribution in [0.2, 0.25) is 0 Å². The number of terminal acetylenes is 1. The Bertz CT molecular complexity index is 1090. The monoisotopic (exact) mass is 550 g/mol. The molecule has 2 fully saturated rings. The van der Waals surface area contributed by atoms with Gasteiger partial charge in [-0.15, -0.1) is 6.42 Å². The summed E-state index contributed by atoms with van der Waals surface area (Å²) in [6.45, 7) is 9.03. The number of nitrogens with one attached hydrogen (secondary N) is 1. The molecule has 0 spiro atoms. The van der Waals surface area contributed by atoms with E-state index in [4.69, 9.17) is 6.42 Å². The molecule has 0 radical (unpaired) electrons. The van der Waals surface area contributed by atoms with Crippen LogP contribution in [0.3, 0.4) is 0 Å². The molecule has 1 saturated carbocycles. The van der Waals surface area contributed by atoms with E-state index in [2.05, 4.69) is 28.3 Å². The van der Waals surface area contributed by atoms with E-state index in [1.165, 1.54) is 11.1 Å². The van der Waals surface area contributed by atoms with Gasteiger partial charge in [0.15, 0.2) is 0 Å². The van der Waals surface area contributed by atoms with Gasteiger partial charge in [0.25, 0.3) is 0 Å². The molecule has 1 aromatic rings. The average Bonchev–Trinajstić information content (AvgIpc) is 3.47. The lowest BCUT2D eigenvalue weighted by molar-refractivity contribution is -0.156. The van der Waals surface area contributed by atoms with E-state index >= 15 is 0 Å². The maximum atomic E-state index is 13.8. The number of carbonyl (C=O) groups is 3. The fourth-order valence-electron chi connectivity index (χ4n) is 6.70. The summed E-state index contributed by atoms with van der Waals surface area (Å²) in [4.78, 5) is 42.8. The lowest BCUT2D eigenvalue weighted by Crippen LogP contribution is -2.58. The summed E-state index contributed by atoms with van der Waals surface area (Å²) in [5, 5.41) is 13.5. The fourth-order valence-corrected chi connectivity index (χ4v) is 6.70. The van der Waals surface area contributed by atoms with Crippen molar-refractivity contribution in [3.05, 3.63) is 34.9 Å². The number of rotatable bonds is 9. The number of fused-ring (bicyclic) bond motifs is 1. The van der Waals surface area contributed by atoms with Crippen molar-refractivity contribution < 1.29 is 19.6 Å². The summed E-state index contributed by atoms with van der Waals surface area (Å²) in [5.74, 6) is 2.26. The maximum Gasteiger partial charge on any atom is 0.245 e. The van der Waals surface area contributed by atoms with Crippen LogP contribution in [-0.2, 0) is 27.3 Å². The molecule has 2 aliphatic heterocycles. The van der Waals surface area contributed by atoms with Crippen LogP contribution in [0.4, 0.5) is 0 Å². The Morgan fingerprint density at radius 2 is 1.85 bits per heavy atom. The first-order chi connectivity index (χ1) is 19.1. The molecule has 0 unspecified atom stereocenters. The van der Waals surface area contributed by atoms with Gasteiger partial charge in [-0.25, -0.2) is 5.06 Å². The standard InChI is InChI=1S/C32H46N4O4/c1-5-23-10-11-25-12-15-35(20-26(25)18-23)28-13-16-34(17-14-28)31(39)29(32(2,3)4)33-30(38)27(21-36(40)22-37)19-24-8-6-7-9-24/h1,10-11,18,22,24,27-29,40H,6-9,12-17,19-21H2,2-4H3,(H,33,38)/t27-,29-/m1/s1. The average molecular weight is 551 g/mol. The van der Waals surface area contributed by atoms with Crippen molar-refractivity contribution in [1.29, 1.82) is 0 Å². The van der Waals surface area contributed by atoms with Crippen molar-refractivity contribution in [1.82, 2.24) is 20.2 Å². The lowest BCUT2D eigenvalue weighted by Gasteiger charge is -2.42. The number of piperidine rings is 1. The molecule has 1 saturated heterocycles. The van der Waals surface area contributed by atoms with Gasteiger partial charge in [-0.05, 0) is 60.3 Å². The zero-order valence-corrected chi connectivity index (χ0v) is 24.4. The molecule has 8 nitrogen and oxygen atoms in total. The molecule has 1 aromatic carbocycles. The van der Waals surface area contributed by atoms with Crippen LogP contribution in [0.5, 0.6) is 0 Å².